The number of rotatable bonds is 8. The monoisotopic (exact) mass is 370 g/mol. The minimum Gasteiger partial charge on any atom is -0.495 e. The van der Waals surface area contributed by atoms with Gasteiger partial charge in [0.05, 0.1) is 7.11 Å². The molecule has 25 heavy (non-hydrogen) atoms. The second-order valence-corrected chi connectivity index (χ2v) is 8.32. The second kappa shape index (κ2) is 7.40. The summed E-state index contributed by atoms with van der Waals surface area (Å²) in [5.41, 5.74) is 0.0586. The topological polar surface area (TPSA) is 113 Å². The number of benzene rings is 1. The normalized spacial score (nSPS) is 15.7. The van der Waals surface area contributed by atoms with Gasteiger partial charge in [-0.25, -0.2) is 17.5 Å². The molecule has 0 radical (unpaired) electrons. The van der Waals surface area contributed by atoms with E-state index in [4.69, 9.17) is 4.74 Å². The SMILES string of the molecule is COc1ccc(C(=O)NC(CC2CC2)C(=O)O)cc1S(=O)(=O)N(C)C. The van der Waals surface area contributed by atoms with Gasteiger partial charge >= 0.3 is 5.97 Å². The van der Waals surface area contributed by atoms with Crippen molar-refractivity contribution in [2.45, 2.75) is 30.2 Å². The zero-order chi connectivity index (χ0) is 18.8. The maximum Gasteiger partial charge on any atom is 0.326 e. The molecule has 1 fully saturated rings. The van der Waals surface area contributed by atoms with Crippen LogP contribution in [0.25, 0.3) is 0 Å². The highest BCUT2D eigenvalue weighted by Crippen LogP contribution is 2.33. The molecule has 1 unspecified atom stereocenters. The molecule has 1 aliphatic rings. The fourth-order valence-corrected chi connectivity index (χ4v) is 3.44. The van der Waals surface area contributed by atoms with E-state index in [1.165, 1.54) is 39.4 Å². The number of carbonyl (C=O) groups is 2. The molecule has 0 bridgehead atoms. The van der Waals surface area contributed by atoms with Crippen LogP contribution >= 0.6 is 0 Å². The highest BCUT2D eigenvalue weighted by atomic mass is 32.2. The lowest BCUT2D eigenvalue weighted by Crippen LogP contribution is -2.41. The van der Waals surface area contributed by atoms with E-state index in [0.717, 1.165) is 17.1 Å². The Morgan fingerprint density at radius 2 is 2.00 bits per heavy atom. The van der Waals surface area contributed by atoms with Gasteiger partial charge in [0.15, 0.2) is 0 Å². The molecule has 0 spiro atoms. The van der Waals surface area contributed by atoms with E-state index in [9.17, 15) is 23.1 Å². The minimum atomic E-state index is -3.82. The number of aliphatic carboxylic acids is 1. The molecular weight excluding hydrogens is 348 g/mol. The maximum absolute atomic E-state index is 12.4. The molecule has 1 aromatic rings. The molecule has 2 rings (SSSR count). The van der Waals surface area contributed by atoms with Crippen molar-refractivity contribution in [1.82, 2.24) is 9.62 Å². The third kappa shape index (κ3) is 4.49. The van der Waals surface area contributed by atoms with Gasteiger partial charge in [-0.2, -0.15) is 0 Å². The number of carbonyl (C=O) groups excluding carboxylic acids is 1. The highest BCUT2D eigenvalue weighted by Gasteiger charge is 2.31. The van der Waals surface area contributed by atoms with Gasteiger partial charge in [0.25, 0.3) is 5.91 Å². The van der Waals surface area contributed by atoms with E-state index < -0.39 is 27.9 Å². The molecular formula is C16H22N2O6S. The molecule has 1 atom stereocenters. The molecule has 0 aliphatic heterocycles. The van der Waals surface area contributed by atoms with Gasteiger partial charge in [0.2, 0.25) is 10.0 Å². The van der Waals surface area contributed by atoms with E-state index in [1.807, 2.05) is 0 Å². The summed E-state index contributed by atoms with van der Waals surface area (Å²) >= 11 is 0. The van der Waals surface area contributed by atoms with Gasteiger partial charge in [-0.05, 0) is 30.5 Å². The van der Waals surface area contributed by atoms with Gasteiger partial charge in [0.1, 0.15) is 16.7 Å². The Balaban J connectivity index is 2.29. The molecule has 1 saturated carbocycles. The number of methoxy groups -OCH3 is 1. The summed E-state index contributed by atoms with van der Waals surface area (Å²) in [6.45, 7) is 0. The summed E-state index contributed by atoms with van der Waals surface area (Å²) in [6, 6.07) is 2.98. The molecule has 8 nitrogen and oxygen atoms in total. The first-order chi connectivity index (χ1) is 11.7. The van der Waals surface area contributed by atoms with Crippen LogP contribution in [-0.2, 0) is 14.8 Å². The van der Waals surface area contributed by atoms with Crippen LogP contribution in [0.4, 0.5) is 0 Å². The lowest BCUT2D eigenvalue weighted by Gasteiger charge is -2.17. The molecule has 1 amide bonds. The summed E-state index contributed by atoms with van der Waals surface area (Å²) in [5.74, 6) is -1.30. The van der Waals surface area contributed by atoms with E-state index >= 15 is 0 Å². The minimum absolute atomic E-state index is 0.0586. The van der Waals surface area contributed by atoms with Gasteiger partial charge < -0.3 is 15.2 Å². The second-order valence-electron chi connectivity index (χ2n) is 6.20. The van der Waals surface area contributed by atoms with Gasteiger partial charge in [0, 0.05) is 19.7 Å². The van der Waals surface area contributed by atoms with Gasteiger partial charge in [-0.1, -0.05) is 12.8 Å². The summed E-state index contributed by atoms with van der Waals surface area (Å²) in [6.07, 6.45) is 2.31. The molecule has 0 saturated heterocycles. The first kappa shape index (κ1) is 19.2. The van der Waals surface area contributed by atoms with Crippen molar-refractivity contribution >= 4 is 21.9 Å². The third-order valence-corrected chi connectivity index (χ3v) is 5.89. The van der Waals surface area contributed by atoms with Crippen LogP contribution < -0.4 is 10.1 Å². The third-order valence-electron chi connectivity index (χ3n) is 4.05. The molecule has 1 aliphatic carbocycles. The maximum atomic E-state index is 12.4. The summed E-state index contributed by atoms with van der Waals surface area (Å²) in [4.78, 5) is 23.5. The Bertz CT molecular complexity index is 771. The lowest BCUT2D eigenvalue weighted by atomic mass is 10.1. The Labute approximate surface area is 146 Å². The van der Waals surface area contributed by atoms with Crippen LogP contribution in [0.2, 0.25) is 0 Å². The number of nitrogens with one attached hydrogen (secondary N) is 1. The molecule has 0 aromatic heterocycles. The Hall–Kier alpha value is -2.13. The fraction of sp³-hybridized carbons (Fsp3) is 0.500. The number of hydrogen-bond acceptors (Lipinski definition) is 5. The number of nitrogens with zero attached hydrogens (tertiary/aromatic N) is 1. The van der Waals surface area contributed by atoms with Crippen molar-refractivity contribution in [3.05, 3.63) is 23.8 Å². The summed E-state index contributed by atoms with van der Waals surface area (Å²) in [7, 11) is 0.261. The lowest BCUT2D eigenvalue weighted by molar-refractivity contribution is -0.139. The summed E-state index contributed by atoms with van der Waals surface area (Å²) in [5, 5.41) is 11.7. The van der Waals surface area contributed by atoms with Crippen molar-refractivity contribution in [1.29, 1.82) is 0 Å². The van der Waals surface area contributed by atoms with Crippen molar-refractivity contribution in [3.63, 3.8) is 0 Å². The van der Waals surface area contributed by atoms with Gasteiger partial charge in [-0.15, -0.1) is 0 Å². The standard InChI is InChI=1S/C16H22N2O6S/c1-18(2)25(22,23)14-9-11(6-7-13(14)24-3)15(19)17-12(16(20)21)8-10-4-5-10/h6-7,9-10,12H,4-5,8H2,1-3H3,(H,17,19)(H,20,21). The van der Waals surface area contributed by atoms with Crippen LogP contribution in [0.1, 0.15) is 29.6 Å². The van der Waals surface area contributed by atoms with Crippen LogP contribution in [0.3, 0.4) is 0 Å². The fourth-order valence-electron chi connectivity index (χ4n) is 2.37. The quantitative estimate of drug-likeness (QED) is 0.704. The molecule has 2 N–H and O–H groups in total. The molecule has 0 heterocycles. The average molecular weight is 370 g/mol. The predicted octanol–water partition coefficient (Wildman–Crippen LogP) is 0.929. The largest absolute Gasteiger partial charge is 0.495 e. The van der Waals surface area contributed by atoms with Crippen molar-refractivity contribution < 1.29 is 27.9 Å². The van der Waals surface area contributed by atoms with E-state index in [2.05, 4.69) is 5.32 Å². The van der Waals surface area contributed by atoms with E-state index in [1.54, 1.807) is 0 Å². The number of carboxylic acids is 1. The number of hydrogen-bond donors (Lipinski definition) is 2. The van der Waals surface area contributed by atoms with Crippen LogP contribution in [0.5, 0.6) is 5.75 Å². The molecule has 9 heteroatoms. The smallest absolute Gasteiger partial charge is 0.326 e. The van der Waals surface area contributed by atoms with Crippen molar-refractivity contribution in [2.24, 2.45) is 5.92 Å². The highest BCUT2D eigenvalue weighted by molar-refractivity contribution is 7.89. The zero-order valence-electron chi connectivity index (χ0n) is 14.4. The number of sulfonamides is 1. The number of amides is 1. The number of carboxylic acid groups (broad SMARTS) is 1. The van der Waals surface area contributed by atoms with Crippen LogP contribution in [0.15, 0.2) is 23.1 Å². The molecule has 138 valence electrons. The number of ether oxygens (including phenoxy) is 1. The first-order valence-corrected chi connectivity index (χ1v) is 9.25. The van der Waals surface area contributed by atoms with Crippen molar-refractivity contribution in [2.75, 3.05) is 21.2 Å². The Morgan fingerprint density at radius 3 is 2.48 bits per heavy atom. The zero-order valence-corrected chi connectivity index (χ0v) is 15.2. The average Bonchev–Trinajstić information content (AvgIpc) is 3.37. The molecule has 1 aromatic carbocycles. The van der Waals surface area contributed by atoms with Crippen LogP contribution in [-0.4, -0.2) is 57.0 Å². The van der Waals surface area contributed by atoms with E-state index in [0.29, 0.717) is 12.3 Å². The Kier molecular flexibility index (Phi) is 5.69. The van der Waals surface area contributed by atoms with Gasteiger partial charge in [-0.3, -0.25) is 4.79 Å². The van der Waals surface area contributed by atoms with Crippen LogP contribution in [0, 0.1) is 5.92 Å². The predicted molar refractivity (Wildman–Crippen MR) is 90.1 cm³/mol. The van der Waals surface area contributed by atoms with Crippen molar-refractivity contribution in [3.8, 4) is 5.75 Å². The first-order valence-electron chi connectivity index (χ1n) is 7.81. The Morgan fingerprint density at radius 1 is 1.36 bits per heavy atom. The summed E-state index contributed by atoms with van der Waals surface area (Å²) < 4.78 is 30.9. The van der Waals surface area contributed by atoms with E-state index in [-0.39, 0.29) is 16.2 Å².